The number of rotatable bonds is 8. The summed E-state index contributed by atoms with van der Waals surface area (Å²) in [6.07, 6.45) is 0. The highest BCUT2D eigenvalue weighted by Crippen LogP contribution is 2.18. The number of carbonyl (C=O) groups excluding carboxylic acids is 1. The maximum Gasteiger partial charge on any atom is 0.323 e. The number of aliphatic carboxylic acids is 1. The van der Waals surface area contributed by atoms with Crippen LogP contribution < -0.4 is 0 Å². The average Bonchev–Trinajstić information content (AvgIpc) is 2.42. The van der Waals surface area contributed by atoms with Crippen LogP contribution in [0.25, 0.3) is 0 Å². The van der Waals surface area contributed by atoms with Gasteiger partial charge in [-0.1, -0.05) is 17.7 Å². The molecule has 0 atom stereocenters. The summed E-state index contributed by atoms with van der Waals surface area (Å²) in [6, 6.07) is 7.85. The number of carboxylic acids is 1. The largest absolute Gasteiger partial charge is 0.480 e. The summed E-state index contributed by atoms with van der Waals surface area (Å²) in [4.78, 5) is 25.0. The molecule has 0 aliphatic heterocycles. The third-order valence-electron chi connectivity index (χ3n) is 2.63. The molecule has 0 aliphatic rings. The van der Waals surface area contributed by atoms with Crippen molar-refractivity contribution in [3.05, 3.63) is 29.8 Å². The lowest BCUT2D eigenvalue weighted by molar-refractivity contribution is -0.143. The van der Waals surface area contributed by atoms with Crippen molar-refractivity contribution >= 4 is 23.6 Å². The van der Waals surface area contributed by atoms with Crippen molar-refractivity contribution in [3.8, 4) is 0 Å². The van der Waals surface area contributed by atoms with Crippen molar-refractivity contribution in [2.45, 2.75) is 11.8 Å². The fraction of sp³-hybridized carbons (Fsp3) is 0.429. The Kier molecular flexibility index (Phi) is 7.11. The number of nitrogens with zero attached hydrogens (tertiary/aromatic N) is 1. The van der Waals surface area contributed by atoms with Crippen LogP contribution in [0.15, 0.2) is 29.2 Å². The Morgan fingerprint density at radius 2 is 1.95 bits per heavy atom. The lowest BCUT2D eigenvalue weighted by Gasteiger charge is -2.20. The monoisotopic (exact) mass is 297 g/mol. The van der Waals surface area contributed by atoms with Gasteiger partial charge in [0.25, 0.3) is 0 Å². The predicted octanol–water partition coefficient (Wildman–Crippen LogP) is 1.65. The van der Waals surface area contributed by atoms with Gasteiger partial charge in [-0.15, -0.1) is 11.8 Å². The normalized spacial score (nSPS) is 10.3. The van der Waals surface area contributed by atoms with Gasteiger partial charge >= 0.3 is 5.97 Å². The molecule has 1 aromatic carbocycles. The van der Waals surface area contributed by atoms with Crippen LogP contribution in [0.3, 0.4) is 0 Å². The minimum atomic E-state index is -1.02. The van der Waals surface area contributed by atoms with Gasteiger partial charge in [-0.25, -0.2) is 0 Å². The van der Waals surface area contributed by atoms with Crippen LogP contribution in [0.4, 0.5) is 0 Å². The minimum absolute atomic E-state index is 0.199. The molecule has 1 aromatic rings. The molecular weight excluding hydrogens is 278 g/mol. The van der Waals surface area contributed by atoms with Crippen molar-refractivity contribution in [2.75, 3.05) is 32.6 Å². The zero-order valence-electron chi connectivity index (χ0n) is 11.7. The van der Waals surface area contributed by atoms with E-state index in [9.17, 15) is 9.59 Å². The number of carboxylic acid groups (broad SMARTS) is 1. The highest BCUT2D eigenvalue weighted by Gasteiger charge is 2.16. The maximum atomic E-state index is 12.0. The summed E-state index contributed by atoms with van der Waals surface area (Å²) < 4.78 is 4.89. The van der Waals surface area contributed by atoms with Gasteiger partial charge in [0.05, 0.1) is 12.4 Å². The first-order valence-corrected chi connectivity index (χ1v) is 7.19. The van der Waals surface area contributed by atoms with Gasteiger partial charge in [0.15, 0.2) is 0 Å². The van der Waals surface area contributed by atoms with E-state index in [2.05, 4.69) is 0 Å². The van der Waals surface area contributed by atoms with Crippen LogP contribution in [0.5, 0.6) is 0 Å². The minimum Gasteiger partial charge on any atom is -0.480 e. The molecule has 0 radical (unpaired) electrons. The van der Waals surface area contributed by atoms with Gasteiger partial charge in [0.2, 0.25) is 5.91 Å². The number of benzene rings is 1. The van der Waals surface area contributed by atoms with E-state index in [4.69, 9.17) is 9.84 Å². The van der Waals surface area contributed by atoms with E-state index in [0.29, 0.717) is 6.61 Å². The second kappa shape index (κ2) is 8.60. The smallest absolute Gasteiger partial charge is 0.323 e. The van der Waals surface area contributed by atoms with E-state index in [-0.39, 0.29) is 24.7 Å². The second-order valence-corrected chi connectivity index (χ2v) is 5.35. The molecular formula is C14H19NO4S. The molecule has 0 aliphatic carbocycles. The highest BCUT2D eigenvalue weighted by molar-refractivity contribution is 8.00. The van der Waals surface area contributed by atoms with Crippen molar-refractivity contribution in [1.82, 2.24) is 4.90 Å². The number of ether oxygens (including phenoxy) is 1. The van der Waals surface area contributed by atoms with Gasteiger partial charge in [0, 0.05) is 18.6 Å². The van der Waals surface area contributed by atoms with Crippen LogP contribution in [0.2, 0.25) is 0 Å². The van der Waals surface area contributed by atoms with Gasteiger partial charge in [-0.3, -0.25) is 9.59 Å². The number of thioether (sulfide) groups is 1. The van der Waals surface area contributed by atoms with Gasteiger partial charge in [0.1, 0.15) is 6.54 Å². The fourth-order valence-corrected chi connectivity index (χ4v) is 2.33. The number of methoxy groups -OCH3 is 1. The molecule has 5 nitrogen and oxygen atoms in total. The lowest BCUT2D eigenvalue weighted by atomic mass is 10.2. The topological polar surface area (TPSA) is 66.8 Å². The molecule has 0 heterocycles. The van der Waals surface area contributed by atoms with Gasteiger partial charge in [-0.05, 0) is 19.1 Å². The Balaban J connectivity index is 2.51. The zero-order valence-corrected chi connectivity index (χ0v) is 12.5. The first kappa shape index (κ1) is 16.5. The molecule has 0 aromatic heterocycles. The molecule has 0 saturated heterocycles. The summed E-state index contributed by atoms with van der Waals surface area (Å²) in [5, 5.41) is 8.81. The molecule has 1 N–H and O–H groups in total. The molecule has 0 unspecified atom stereocenters. The summed E-state index contributed by atoms with van der Waals surface area (Å²) in [5.41, 5.74) is 1.16. The Morgan fingerprint density at radius 1 is 1.30 bits per heavy atom. The van der Waals surface area contributed by atoms with Gasteiger partial charge < -0.3 is 14.7 Å². The summed E-state index contributed by atoms with van der Waals surface area (Å²) >= 11 is 1.40. The number of hydrogen-bond donors (Lipinski definition) is 1. The van der Waals surface area contributed by atoms with Crippen LogP contribution in [0.1, 0.15) is 5.56 Å². The molecule has 110 valence electrons. The standard InChI is InChI=1S/C14H19NO4S/c1-11-3-5-12(6-4-11)20-10-13(16)15(7-8-19-2)9-14(17)18/h3-6H,7-10H2,1-2H3,(H,17,18). The molecule has 20 heavy (non-hydrogen) atoms. The van der Waals surface area contributed by atoms with Crippen molar-refractivity contribution in [2.24, 2.45) is 0 Å². The SMILES string of the molecule is COCCN(CC(=O)O)C(=O)CSc1ccc(C)cc1. The van der Waals surface area contributed by atoms with Gasteiger partial charge in [-0.2, -0.15) is 0 Å². The summed E-state index contributed by atoms with van der Waals surface area (Å²) in [6.45, 7) is 2.32. The summed E-state index contributed by atoms with van der Waals surface area (Å²) in [7, 11) is 1.52. The van der Waals surface area contributed by atoms with Crippen molar-refractivity contribution in [3.63, 3.8) is 0 Å². The van der Waals surface area contributed by atoms with Crippen molar-refractivity contribution in [1.29, 1.82) is 0 Å². The quantitative estimate of drug-likeness (QED) is 0.739. The van der Waals surface area contributed by atoms with Crippen LogP contribution in [-0.2, 0) is 14.3 Å². The summed E-state index contributed by atoms with van der Waals surface area (Å²) in [5.74, 6) is -0.995. The molecule has 0 saturated carbocycles. The predicted molar refractivity (Wildman–Crippen MR) is 78.0 cm³/mol. The number of aryl methyl sites for hydroxylation is 1. The Bertz CT molecular complexity index is 447. The lowest BCUT2D eigenvalue weighted by Crippen LogP contribution is -2.39. The molecule has 1 rings (SSSR count). The van der Waals surface area contributed by atoms with Crippen LogP contribution in [0, 0.1) is 6.92 Å². The van der Waals surface area contributed by atoms with E-state index < -0.39 is 5.97 Å². The second-order valence-electron chi connectivity index (χ2n) is 4.30. The third kappa shape index (κ3) is 6.08. The highest BCUT2D eigenvalue weighted by atomic mass is 32.2. The molecule has 6 heteroatoms. The Hall–Kier alpha value is -1.53. The zero-order chi connectivity index (χ0) is 15.0. The molecule has 0 bridgehead atoms. The van der Waals surface area contributed by atoms with E-state index >= 15 is 0 Å². The Morgan fingerprint density at radius 3 is 2.50 bits per heavy atom. The van der Waals surface area contributed by atoms with E-state index in [1.165, 1.54) is 23.8 Å². The first-order valence-electron chi connectivity index (χ1n) is 6.21. The fourth-order valence-electron chi connectivity index (χ4n) is 1.53. The van der Waals surface area contributed by atoms with E-state index in [1.807, 2.05) is 31.2 Å². The number of amides is 1. The van der Waals surface area contributed by atoms with E-state index in [0.717, 1.165) is 10.5 Å². The average molecular weight is 297 g/mol. The maximum absolute atomic E-state index is 12.0. The third-order valence-corrected chi connectivity index (χ3v) is 3.62. The Labute approximate surface area is 122 Å². The van der Waals surface area contributed by atoms with E-state index in [1.54, 1.807) is 0 Å². The molecule has 0 fully saturated rings. The molecule has 0 spiro atoms. The van der Waals surface area contributed by atoms with Crippen molar-refractivity contribution < 1.29 is 19.4 Å². The number of hydrogen-bond acceptors (Lipinski definition) is 4. The first-order chi connectivity index (χ1) is 9.52. The number of carbonyl (C=O) groups is 2. The van der Waals surface area contributed by atoms with Crippen LogP contribution in [-0.4, -0.2) is 54.4 Å². The van der Waals surface area contributed by atoms with Crippen LogP contribution >= 0.6 is 11.8 Å². The molecule has 1 amide bonds.